The van der Waals surface area contributed by atoms with Gasteiger partial charge in [-0.3, -0.25) is 0 Å². The Bertz CT molecular complexity index is 243. The number of rotatable bonds is 3. The maximum absolute atomic E-state index is 9.56. The Balaban J connectivity index is 2.59. The van der Waals surface area contributed by atoms with E-state index in [2.05, 4.69) is 4.99 Å². The molecule has 1 rings (SSSR count). The third-order valence-corrected chi connectivity index (χ3v) is 1.70. The fourth-order valence-corrected chi connectivity index (χ4v) is 1.02. The topological polar surface area (TPSA) is 32.6 Å². The number of hydrogen-bond donors (Lipinski definition) is 1. The molecule has 1 aromatic carbocycles. The number of nitrogens with zero attached hydrogens (tertiary/aromatic N) is 1. The molecular weight excluding hydrogens is 150 g/mol. The Morgan fingerprint density at radius 2 is 2.08 bits per heavy atom. The molecule has 0 heterocycles. The summed E-state index contributed by atoms with van der Waals surface area (Å²) in [6.07, 6.45) is 1.88. The van der Waals surface area contributed by atoms with Crippen LogP contribution in [-0.4, -0.2) is 18.4 Å². The molecule has 2 nitrogen and oxygen atoms in total. The normalized spacial score (nSPS) is 13.5. The van der Waals surface area contributed by atoms with Crippen LogP contribution in [0.15, 0.2) is 35.3 Å². The van der Waals surface area contributed by atoms with E-state index in [4.69, 9.17) is 0 Å². The SMILES string of the molecule is CN=CCC(O)c1ccccc1. The first-order chi connectivity index (χ1) is 5.84. The quantitative estimate of drug-likeness (QED) is 0.677. The van der Waals surface area contributed by atoms with E-state index in [-0.39, 0.29) is 0 Å². The second-order valence-electron chi connectivity index (χ2n) is 2.60. The summed E-state index contributed by atoms with van der Waals surface area (Å²) in [6.45, 7) is 0. The van der Waals surface area contributed by atoms with Crippen molar-refractivity contribution in [3.8, 4) is 0 Å². The summed E-state index contributed by atoms with van der Waals surface area (Å²) in [4.78, 5) is 3.82. The minimum atomic E-state index is -0.421. The highest BCUT2D eigenvalue weighted by molar-refractivity contribution is 5.58. The molecule has 0 saturated heterocycles. The number of hydrogen-bond acceptors (Lipinski definition) is 2. The van der Waals surface area contributed by atoms with Crippen molar-refractivity contribution in [3.63, 3.8) is 0 Å². The van der Waals surface area contributed by atoms with Gasteiger partial charge in [0.2, 0.25) is 0 Å². The molecule has 0 aliphatic rings. The summed E-state index contributed by atoms with van der Waals surface area (Å²) >= 11 is 0. The lowest BCUT2D eigenvalue weighted by Gasteiger charge is -2.06. The molecule has 0 aromatic heterocycles. The Morgan fingerprint density at radius 1 is 1.42 bits per heavy atom. The molecule has 1 unspecified atom stereocenters. The molecule has 0 fully saturated rings. The molecule has 1 aromatic rings. The molecule has 2 heteroatoms. The minimum Gasteiger partial charge on any atom is -0.388 e. The molecule has 12 heavy (non-hydrogen) atoms. The molecule has 0 radical (unpaired) electrons. The van der Waals surface area contributed by atoms with Gasteiger partial charge in [-0.05, 0) is 5.56 Å². The van der Waals surface area contributed by atoms with Crippen LogP contribution in [0.4, 0.5) is 0 Å². The molecule has 64 valence electrons. The van der Waals surface area contributed by atoms with Crippen molar-refractivity contribution in [1.82, 2.24) is 0 Å². The van der Waals surface area contributed by atoms with E-state index >= 15 is 0 Å². The van der Waals surface area contributed by atoms with Crippen molar-refractivity contribution in [2.24, 2.45) is 4.99 Å². The molecule has 0 aliphatic carbocycles. The molecule has 0 bridgehead atoms. The number of benzene rings is 1. The van der Waals surface area contributed by atoms with Crippen LogP contribution in [0.5, 0.6) is 0 Å². The summed E-state index contributed by atoms with van der Waals surface area (Å²) in [5.41, 5.74) is 0.942. The van der Waals surface area contributed by atoms with Gasteiger partial charge in [-0.15, -0.1) is 0 Å². The maximum Gasteiger partial charge on any atom is 0.0839 e. The van der Waals surface area contributed by atoms with Crippen molar-refractivity contribution in [2.45, 2.75) is 12.5 Å². The summed E-state index contributed by atoms with van der Waals surface area (Å²) in [5, 5.41) is 9.56. The van der Waals surface area contributed by atoms with Crippen LogP contribution in [0.2, 0.25) is 0 Å². The van der Waals surface area contributed by atoms with E-state index in [0.29, 0.717) is 6.42 Å². The Kier molecular flexibility index (Phi) is 3.48. The van der Waals surface area contributed by atoms with Gasteiger partial charge in [-0.2, -0.15) is 0 Å². The third kappa shape index (κ3) is 2.47. The average molecular weight is 163 g/mol. The van der Waals surface area contributed by atoms with Gasteiger partial charge in [0.25, 0.3) is 0 Å². The first-order valence-corrected chi connectivity index (χ1v) is 3.98. The number of aliphatic imine (C=N–C) groups is 1. The van der Waals surface area contributed by atoms with Crippen LogP contribution < -0.4 is 0 Å². The van der Waals surface area contributed by atoms with E-state index in [1.54, 1.807) is 13.3 Å². The van der Waals surface area contributed by atoms with E-state index in [1.807, 2.05) is 30.3 Å². The van der Waals surface area contributed by atoms with Gasteiger partial charge in [-0.1, -0.05) is 30.3 Å². The van der Waals surface area contributed by atoms with Crippen LogP contribution in [-0.2, 0) is 0 Å². The fraction of sp³-hybridized carbons (Fsp3) is 0.300. The number of aliphatic hydroxyl groups excluding tert-OH is 1. The first-order valence-electron chi connectivity index (χ1n) is 3.98. The van der Waals surface area contributed by atoms with Gasteiger partial charge in [0, 0.05) is 19.7 Å². The van der Waals surface area contributed by atoms with Crippen LogP contribution in [0.25, 0.3) is 0 Å². The zero-order valence-corrected chi connectivity index (χ0v) is 7.14. The first kappa shape index (κ1) is 8.94. The second kappa shape index (κ2) is 4.67. The van der Waals surface area contributed by atoms with Gasteiger partial charge in [0.15, 0.2) is 0 Å². The van der Waals surface area contributed by atoms with Crippen molar-refractivity contribution in [2.75, 3.05) is 7.05 Å². The van der Waals surface area contributed by atoms with Crippen molar-refractivity contribution in [1.29, 1.82) is 0 Å². The highest BCUT2D eigenvalue weighted by Gasteiger charge is 2.03. The van der Waals surface area contributed by atoms with Crippen molar-refractivity contribution < 1.29 is 5.11 Å². The van der Waals surface area contributed by atoms with Gasteiger partial charge >= 0.3 is 0 Å². The van der Waals surface area contributed by atoms with Gasteiger partial charge < -0.3 is 10.1 Å². The Labute approximate surface area is 72.6 Å². The Morgan fingerprint density at radius 3 is 2.67 bits per heavy atom. The molecule has 0 amide bonds. The lowest BCUT2D eigenvalue weighted by molar-refractivity contribution is 0.187. The van der Waals surface area contributed by atoms with Crippen molar-refractivity contribution in [3.05, 3.63) is 35.9 Å². The fourth-order valence-electron chi connectivity index (χ4n) is 1.02. The predicted molar refractivity (Wildman–Crippen MR) is 50.4 cm³/mol. The average Bonchev–Trinajstić information content (AvgIpc) is 2.15. The molecule has 0 spiro atoms. The lowest BCUT2D eigenvalue weighted by atomic mass is 10.1. The lowest BCUT2D eigenvalue weighted by Crippen LogP contribution is -1.96. The molecule has 0 saturated carbocycles. The van der Waals surface area contributed by atoms with Gasteiger partial charge in [0.05, 0.1) is 6.10 Å². The van der Waals surface area contributed by atoms with Crippen LogP contribution in [0.1, 0.15) is 18.1 Å². The smallest absolute Gasteiger partial charge is 0.0839 e. The predicted octanol–water partition coefficient (Wildman–Crippen LogP) is 1.81. The summed E-state index contributed by atoms with van der Waals surface area (Å²) in [7, 11) is 1.71. The van der Waals surface area contributed by atoms with E-state index < -0.39 is 6.10 Å². The summed E-state index contributed by atoms with van der Waals surface area (Å²) < 4.78 is 0. The second-order valence-corrected chi connectivity index (χ2v) is 2.60. The summed E-state index contributed by atoms with van der Waals surface area (Å²) in [5.74, 6) is 0. The standard InChI is InChI=1S/C10H13NO/c1-11-8-7-10(12)9-5-3-2-4-6-9/h2-6,8,10,12H,7H2,1H3. The highest BCUT2D eigenvalue weighted by Crippen LogP contribution is 2.13. The summed E-state index contributed by atoms with van der Waals surface area (Å²) in [6, 6.07) is 9.59. The third-order valence-electron chi connectivity index (χ3n) is 1.70. The molecule has 0 aliphatic heterocycles. The van der Waals surface area contributed by atoms with Crippen LogP contribution >= 0.6 is 0 Å². The van der Waals surface area contributed by atoms with E-state index in [9.17, 15) is 5.11 Å². The zero-order valence-electron chi connectivity index (χ0n) is 7.14. The molecule has 1 atom stereocenters. The van der Waals surface area contributed by atoms with Crippen LogP contribution in [0, 0.1) is 0 Å². The highest BCUT2D eigenvalue weighted by atomic mass is 16.3. The minimum absolute atomic E-state index is 0.421. The van der Waals surface area contributed by atoms with E-state index in [0.717, 1.165) is 5.56 Å². The Hall–Kier alpha value is -1.15. The number of aliphatic hydroxyl groups is 1. The monoisotopic (exact) mass is 163 g/mol. The van der Waals surface area contributed by atoms with Gasteiger partial charge in [0.1, 0.15) is 0 Å². The van der Waals surface area contributed by atoms with E-state index in [1.165, 1.54) is 0 Å². The largest absolute Gasteiger partial charge is 0.388 e. The van der Waals surface area contributed by atoms with Gasteiger partial charge in [-0.25, -0.2) is 0 Å². The van der Waals surface area contributed by atoms with Crippen LogP contribution in [0.3, 0.4) is 0 Å². The maximum atomic E-state index is 9.56. The zero-order chi connectivity index (χ0) is 8.81. The van der Waals surface area contributed by atoms with Crippen molar-refractivity contribution >= 4 is 6.21 Å². The molecular formula is C10H13NO. The molecule has 1 N–H and O–H groups in total.